The highest BCUT2D eigenvalue weighted by molar-refractivity contribution is 6.31. The summed E-state index contributed by atoms with van der Waals surface area (Å²) < 4.78 is 13.3. The van der Waals surface area contributed by atoms with Gasteiger partial charge in [-0.05, 0) is 42.8 Å². The van der Waals surface area contributed by atoms with E-state index in [-0.39, 0.29) is 16.5 Å². The highest BCUT2D eigenvalue weighted by Gasteiger charge is 2.20. The van der Waals surface area contributed by atoms with E-state index in [1.807, 2.05) is 6.07 Å². The minimum atomic E-state index is -0.372. The van der Waals surface area contributed by atoms with Gasteiger partial charge in [-0.25, -0.2) is 9.37 Å². The number of nitriles is 2. The molecule has 0 aliphatic rings. The average Bonchev–Trinajstić information content (AvgIpc) is 2.62. The number of pyridine rings is 2. The first kappa shape index (κ1) is 16.6. The molecule has 2 heterocycles. The molecule has 0 radical (unpaired) electrons. The number of hydrogen-bond acceptors (Lipinski definition) is 4. The van der Waals surface area contributed by atoms with Gasteiger partial charge >= 0.3 is 0 Å². The summed E-state index contributed by atoms with van der Waals surface area (Å²) in [5.41, 5.74) is 3.49. The monoisotopic (exact) mass is 348 g/mol. The van der Waals surface area contributed by atoms with Crippen LogP contribution in [-0.4, -0.2) is 9.97 Å². The number of benzene rings is 1. The predicted molar refractivity (Wildman–Crippen MR) is 92.0 cm³/mol. The Morgan fingerprint density at radius 3 is 2.44 bits per heavy atom. The number of rotatable bonds is 2. The zero-order valence-corrected chi connectivity index (χ0v) is 13.8. The van der Waals surface area contributed by atoms with Crippen LogP contribution < -0.4 is 0 Å². The van der Waals surface area contributed by atoms with Crippen molar-refractivity contribution in [2.24, 2.45) is 0 Å². The summed E-state index contributed by atoms with van der Waals surface area (Å²) in [6.45, 7) is 1.75. The van der Waals surface area contributed by atoms with Crippen LogP contribution in [0.1, 0.15) is 16.7 Å². The molecule has 25 heavy (non-hydrogen) atoms. The van der Waals surface area contributed by atoms with Gasteiger partial charge in [0.15, 0.2) is 0 Å². The lowest BCUT2D eigenvalue weighted by Gasteiger charge is -2.15. The van der Waals surface area contributed by atoms with Crippen LogP contribution in [0, 0.1) is 35.4 Å². The van der Waals surface area contributed by atoms with E-state index in [1.54, 1.807) is 31.3 Å². The molecule has 2 aromatic heterocycles. The predicted octanol–water partition coefficient (Wildman–Crippen LogP) is 4.65. The molecule has 0 saturated carbocycles. The lowest BCUT2D eigenvalue weighted by Crippen LogP contribution is -2.00. The van der Waals surface area contributed by atoms with Crippen molar-refractivity contribution in [3.63, 3.8) is 0 Å². The third kappa shape index (κ3) is 2.94. The fourth-order valence-corrected chi connectivity index (χ4v) is 2.91. The van der Waals surface area contributed by atoms with E-state index in [1.165, 1.54) is 18.3 Å². The molecule has 4 nitrogen and oxygen atoms in total. The van der Waals surface area contributed by atoms with Gasteiger partial charge < -0.3 is 0 Å². The Bertz CT molecular complexity index is 1050. The van der Waals surface area contributed by atoms with Gasteiger partial charge in [0, 0.05) is 29.1 Å². The molecule has 120 valence electrons. The maximum absolute atomic E-state index is 13.3. The maximum atomic E-state index is 13.3. The van der Waals surface area contributed by atoms with Gasteiger partial charge in [0.05, 0.1) is 16.8 Å². The lowest BCUT2D eigenvalue weighted by atomic mass is 9.91. The maximum Gasteiger partial charge on any atom is 0.147 e. The van der Waals surface area contributed by atoms with Crippen LogP contribution in [0.5, 0.6) is 0 Å². The van der Waals surface area contributed by atoms with Crippen LogP contribution in [-0.2, 0) is 0 Å². The summed E-state index contributed by atoms with van der Waals surface area (Å²) >= 11 is 6.16. The normalized spacial score (nSPS) is 10.1. The van der Waals surface area contributed by atoms with E-state index < -0.39 is 0 Å². The van der Waals surface area contributed by atoms with Crippen LogP contribution in [0.25, 0.3) is 22.4 Å². The number of aromatic nitrogens is 2. The van der Waals surface area contributed by atoms with Gasteiger partial charge in [-0.15, -0.1) is 0 Å². The van der Waals surface area contributed by atoms with Crippen molar-refractivity contribution in [1.82, 2.24) is 9.97 Å². The molecule has 0 aliphatic heterocycles. The summed E-state index contributed by atoms with van der Waals surface area (Å²) in [5, 5.41) is 18.9. The summed E-state index contributed by atoms with van der Waals surface area (Å²) in [7, 11) is 0. The Labute approximate surface area is 148 Å². The Morgan fingerprint density at radius 1 is 1.08 bits per heavy atom. The molecule has 3 rings (SSSR count). The molecule has 1 aromatic carbocycles. The number of nitrogens with zero attached hydrogens (tertiary/aromatic N) is 4. The van der Waals surface area contributed by atoms with E-state index in [4.69, 9.17) is 11.6 Å². The fraction of sp³-hybridized carbons (Fsp3) is 0.0526. The van der Waals surface area contributed by atoms with E-state index in [9.17, 15) is 14.9 Å². The zero-order valence-electron chi connectivity index (χ0n) is 13.1. The molecule has 0 unspecified atom stereocenters. The van der Waals surface area contributed by atoms with Crippen molar-refractivity contribution in [1.29, 1.82) is 10.5 Å². The van der Waals surface area contributed by atoms with E-state index >= 15 is 0 Å². The van der Waals surface area contributed by atoms with Crippen LogP contribution >= 0.6 is 11.6 Å². The molecule has 0 amide bonds. The Morgan fingerprint density at radius 2 is 1.80 bits per heavy atom. The molecular formula is C19H10ClFN4. The SMILES string of the molecule is Cc1c(C#N)c(Cl)nc(-c2ccc(F)cc2)c1-c1ccncc1C#N. The van der Waals surface area contributed by atoms with Crippen molar-refractivity contribution in [3.05, 3.63) is 70.4 Å². The zero-order chi connectivity index (χ0) is 18.0. The molecule has 0 spiro atoms. The first-order valence-electron chi connectivity index (χ1n) is 7.27. The molecule has 0 aliphatic carbocycles. The number of hydrogen-bond donors (Lipinski definition) is 0. The highest BCUT2D eigenvalue weighted by Crippen LogP contribution is 2.38. The van der Waals surface area contributed by atoms with Crippen molar-refractivity contribution in [3.8, 4) is 34.5 Å². The molecule has 0 N–H and O–H groups in total. The standard InChI is InChI=1S/C19H10ClFN4/c1-11-16(9-23)19(20)25-18(12-2-4-14(21)5-3-12)17(11)15-6-7-24-10-13(15)8-22/h2-7,10H,1H3. The average molecular weight is 349 g/mol. The third-order valence-electron chi connectivity index (χ3n) is 3.84. The van der Waals surface area contributed by atoms with Crippen LogP contribution in [0.15, 0.2) is 42.7 Å². The van der Waals surface area contributed by atoms with Crippen molar-refractivity contribution >= 4 is 11.6 Å². The van der Waals surface area contributed by atoms with Gasteiger partial charge in [-0.1, -0.05) is 11.6 Å². The first-order chi connectivity index (χ1) is 12.1. The Kier molecular flexibility index (Phi) is 4.43. The van der Waals surface area contributed by atoms with Crippen molar-refractivity contribution < 1.29 is 4.39 Å². The molecule has 6 heteroatoms. The first-order valence-corrected chi connectivity index (χ1v) is 7.65. The van der Waals surface area contributed by atoms with E-state index in [0.29, 0.717) is 33.5 Å². The smallest absolute Gasteiger partial charge is 0.147 e. The Balaban J connectivity index is 2.42. The minimum Gasteiger partial charge on any atom is -0.263 e. The van der Waals surface area contributed by atoms with Crippen LogP contribution in [0.2, 0.25) is 5.15 Å². The van der Waals surface area contributed by atoms with Gasteiger partial charge in [-0.3, -0.25) is 4.98 Å². The van der Waals surface area contributed by atoms with Crippen molar-refractivity contribution in [2.75, 3.05) is 0 Å². The molecule has 0 bridgehead atoms. The third-order valence-corrected chi connectivity index (χ3v) is 4.12. The molecule has 0 atom stereocenters. The molecule has 3 aromatic rings. The second kappa shape index (κ2) is 6.68. The van der Waals surface area contributed by atoms with Gasteiger partial charge in [0.25, 0.3) is 0 Å². The summed E-state index contributed by atoms with van der Waals surface area (Å²) in [6.07, 6.45) is 3.01. The minimum absolute atomic E-state index is 0.0654. The van der Waals surface area contributed by atoms with Gasteiger partial charge in [-0.2, -0.15) is 10.5 Å². The lowest BCUT2D eigenvalue weighted by molar-refractivity contribution is 0.628. The summed E-state index contributed by atoms with van der Waals surface area (Å²) in [4.78, 5) is 8.31. The van der Waals surface area contributed by atoms with Crippen molar-refractivity contribution in [2.45, 2.75) is 6.92 Å². The number of halogens is 2. The van der Waals surface area contributed by atoms with Crippen LogP contribution in [0.3, 0.4) is 0 Å². The quantitative estimate of drug-likeness (QED) is 0.631. The largest absolute Gasteiger partial charge is 0.263 e. The van der Waals surface area contributed by atoms with E-state index in [0.717, 1.165) is 0 Å². The topological polar surface area (TPSA) is 73.4 Å². The fourth-order valence-electron chi connectivity index (χ4n) is 2.65. The molecule has 0 saturated heterocycles. The second-order valence-electron chi connectivity index (χ2n) is 5.28. The van der Waals surface area contributed by atoms with E-state index in [2.05, 4.69) is 16.0 Å². The highest BCUT2D eigenvalue weighted by atomic mass is 35.5. The molecular weight excluding hydrogens is 339 g/mol. The molecule has 0 fully saturated rings. The Hall–Kier alpha value is -3.28. The van der Waals surface area contributed by atoms with Crippen LogP contribution in [0.4, 0.5) is 4.39 Å². The second-order valence-corrected chi connectivity index (χ2v) is 5.64. The summed E-state index contributed by atoms with van der Waals surface area (Å²) in [5.74, 6) is -0.372. The van der Waals surface area contributed by atoms with Gasteiger partial charge in [0.1, 0.15) is 23.1 Å². The van der Waals surface area contributed by atoms with Gasteiger partial charge in [0.2, 0.25) is 0 Å². The summed E-state index contributed by atoms with van der Waals surface area (Å²) in [6, 6.07) is 11.6.